The van der Waals surface area contributed by atoms with Gasteiger partial charge < -0.3 is 14.7 Å². The Kier molecular flexibility index (Phi) is 3.35. The van der Waals surface area contributed by atoms with Crippen LogP contribution in [0.4, 0.5) is 5.95 Å². The van der Waals surface area contributed by atoms with E-state index in [-0.39, 0.29) is 5.69 Å². The second-order valence-electron chi connectivity index (χ2n) is 3.27. The molecular formula is C9H10BrN3O3. The first-order chi connectivity index (χ1) is 7.68. The van der Waals surface area contributed by atoms with Crippen LogP contribution in [0.3, 0.4) is 0 Å². The van der Waals surface area contributed by atoms with E-state index in [2.05, 4.69) is 25.9 Å². The summed E-state index contributed by atoms with van der Waals surface area (Å²) in [4.78, 5) is 20.9. The topological polar surface area (TPSA) is 75.5 Å². The monoisotopic (exact) mass is 287 g/mol. The highest BCUT2D eigenvalue weighted by Gasteiger charge is 2.17. The molecule has 1 aliphatic heterocycles. The normalized spacial score (nSPS) is 16.2. The fourth-order valence-corrected chi connectivity index (χ4v) is 1.78. The zero-order valence-corrected chi connectivity index (χ0v) is 9.98. The molecule has 1 aromatic heterocycles. The molecule has 1 N–H and O–H groups in total. The minimum Gasteiger partial charge on any atom is -0.476 e. The smallest absolute Gasteiger partial charge is 0.355 e. The number of ether oxygens (including phenoxy) is 1. The van der Waals surface area contributed by atoms with E-state index in [1.165, 1.54) is 6.20 Å². The highest BCUT2D eigenvalue weighted by Crippen LogP contribution is 2.17. The van der Waals surface area contributed by atoms with E-state index >= 15 is 0 Å². The Hall–Kier alpha value is -1.21. The number of carboxylic acids is 1. The van der Waals surface area contributed by atoms with Crippen molar-refractivity contribution in [3.8, 4) is 0 Å². The largest absolute Gasteiger partial charge is 0.476 e. The maximum Gasteiger partial charge on any atom is 0.355 e. The van der Waals surface area contributed by atoms with E-state index < -0.39 is 5.97 Å². The Morgan fingerprint density at radius 3 is 2.81 bits per heavy atom. The number of aromatic nitrogens is 2. The number of aromatic carboxylic acids is 1. The molecule has 0 bridgehead atoms. The van der Waals surface area contributed by atoms with Crippen LogP contribution in [0.2, 0.25) is 0 Å². The molecule has 86 valence electrons. The molecule has 2 heterocycles. The molecule has 0 aromatic carbocycles. The van der Waals surface area contributed by atoms with Gasteiger partial charge in [0.05, 0.1) is 17.7 Å². The van der Waals surface area contributed by atoms with Crippen molar-refractivity contribution in [3.05, 3.63) is 16.4 Å². The van der Waals surface area contributed by atoms with Gasteiger partial charge in [-0.25, -0.2) is 14.8 Å². The third-order valence-corrected chi connectivity index (χ3v) is 2.81. The van der Waals surface area contributed by atoms with E-state index in [4.69, 9.17) is 9.84 Å². The molecule has 0 radical (unpaired) electrons. The fourth-order valence-electron chi connectivity index (χ4n) is 1.42. The van der Waals surface area contributed by atoms with Crippen LogP contribution in [-0.4, -0.2) is 47.3 Å². The minimum atomic E-state index is -1.07. The summed E-state index contributed by atoms with van der Waals surface area (Å²) < 4.78 is 5.59. The van der Waals surface area contributed by atoms with E-state index in [9.17, 15) is 4.79 Å². The maximum absolute atomic E-state index is 10.9. The Bertz CT molecular complexity index is 407. The molecule has 0 spiro atoms. The summed E-state index contributed by atoms with van der Waals surface area (Å²) >= 11 is 3.11. The molecule has 1 aliphatic rings. The number of halogens is 1. The van der Waals surface area contributed by atoms with Gasteiger partial charge in [-0.2, -0.15) is 0 Å². The number of morpholine rings is 1. The van der Waals surface area contributed by atoms with Crippen LogP contribution in [0.25, 0.3) is 0 Å². The Morgan fingerprint density at radius 1 is 1.50 bits per heavy atom. The van der Waals surface area contributed by atoms with Crippen molar-refractivity contribution in [2.75, 3.05) is 31.2 Å². The van der Waals surface area contributed by atoms with Crippen molar-refractivity contribution in [2.24, 2.45) is 0 Å². The van der Waals surface area contributed by atoms with Gasteiger partial charge in [0.2, 0.25) is 5.95 Å². The van der Waals surface area contributed by atoms with E-state index in [1.54, 1.807) is 0 Å². The summed E-state index contributed by atoms with van der Waals surface area (Å²) in [5.41, 5.74) is -0.0171. The van der Waals surface area contributed by atoms with E-state index in [0.29, 0.717) is 36.7 Å². The lowest BCUT2D eigenvalue weighted by Gasteiger charge is -2.26. The van der Waals surface area contributed by atoms with Crippen LogP contribution in [-0.2, 0) is 4.74 Å². The van der Waals surface area contributed by atoms with E-state index in [0.717, 1.165) is 0 Å². The number of carbonyl (C=O) groups is 1. The van der Waals surface area contributed by atoms with Crippen LogP contribution in [0.5, 0.6) is 0 Å². The van der Waals surface area contributed by atoms with Gasteiger partial charge in [0.1, 0.15) is 0 Å². The van der Waals surface area contributed by atoms with Gasteiger partial charge in [-0.15, -0.1) is 0 Å². The molecular weight excluding hydrogens is 278 g/mol. The zero-order chi connectivity index (χ0) is 11.5. The van der Waals surface area contributed by atoms with Crippen molar-refractivity contribution in [2.45, 2.75) is 0 Å². The predicted octanol–water partition coefficient (Wildman–Crippen LogP) is 0.774. The molecule has 1 saturated heterocycles. The molecule has 1 aromatic rings. The zero-order valence-electron chi connectivity index (χ0n) is 8.39. The molecule has 6 nitrogen and oxygen atoms in total. The summed E-state index contributed by atoms with van der Waals surface area (Å²) in [7, 11) is 0. The molecule has 0 amide bonds. The second kappa shape index (κ2) is 4.75. The second-order valence-corrected chi connectivity index (χ2v) is 4.13. The fraction of sp³-hybridized carbons (Fsp3) is 0.444. The lowest BCUT2D eigenvalue weighted by atomic mass is 10.4. The first-order valence-electron chi connectivity index (χ1n) is 4.77. The van der Waals surface area contributed by atoms with Crippen LogP contribution < -0.4 is 4.90 Å². The van der Waals surface area contributed by atoms with Crippen LogP contribution >= 0.6 is 15.9 Å². The molecule has 7 heteroatoms. The molecule has 2 rings (SSSR count). The highest BCUT2D eigenvalue weighted by atomic mass is 79.9. The minimum absolute atomic E-state index is 0.0171. The highest BCUT2D eigenvalue weighted by molar-refractivity contribution is 9.10. The number of hydrogen-bond donors (Lipinski definition) is 1. The van der Waals surface area contributed by atoms with Crippen molar-refractivity contribution >= 4 is 27.8 Å². The molecule has 16 heavy (non-hydrogen) atoms. The summed E-state index contributed by atoms with van der Waals surface area (Å²) in [6, 6.07) is 0. The Morgan fingerprint density at radius 2 is 2.19 bits per heavy atom. The number of rotatable bonds is 2. The lowest BCUT2D eigenvalue weighted by molar-refractivity contribution is 0.0689. The van der Waals surface area contributed by atoms with Gasteiger partial charge >= 0.3 is 5.97 Å². The number of hydrogen-bond acceptors (Lipinski definition) is 5. The predicted molar refractivity (Wildman–Crippen MR) is 59.7 cm³/mol. The van der Waals surface area contributed by atoms with Gasteiger partial charge in [0.15, 0.2) is 5.69 Å². The average molecular weight is 288 g/mol. The Labute approximate surface area is 100 Å². The lowest BCUT2D eigenvalue weighted by Crippen LogP contribution is -2.37. The van der Waals surface area contributed by atoms with Crippen LogP contribution in [0, 0.1) is 0 Å². The third kappa shape index (κ3) is 2.30. The first-order valence-corrected chi connectivity index (χ1v) is 5.56. The van der Waals surface area contributed by atoms with Gasteiger partial charge in [0, 0.05) is 19.3 Å². The van der Waals surface area contributed by atoms with E-state index in [1.807, 2.05) is 4.90 Å². The molecule has 0 saturated carbocycles. The van der Waals surface area contributed by atoms with Crippen LogP contribution in [0.15, 0.2) is 10.7 Å². The van der Waals surface area contributed by atoms with Crippen LogP contribution in [0.1, 0.15) is 10.5 Å². The van der Waals surface area contributed by atoms with Gasteiger partial charge in [-0.3, -0.25) is 0 Å². The maximum atomic E-state index is 10.9. The number of carboxylic acid groups (broad SMARTS) is 1. The third-order valence-electron chi connectivity index (χ3n) is 2.23. The molecule has 1 fully saturated rings. The van der Waals surface area contributed by atoms with Crippen molar-refractivity contribution in [1.82, 2.24) is 9.97 Å². The molecule has 0 aliphatic carbocycles. The first kappa shape index (κ1) is 11.3. The van der Waals surface area contributed by atoms with Gasteiger partial charge in [-0.05, 0) is 15.9 Å². The van der Waals surface area contributed by atoms with Crippen molar-refractivity contribution in [3.63, 3.8) is 0 Å². The van der Waals surface area contributed by atoms with Gasteiger partial charge in [-0.1, -0.05) is 0 Å². The van der Waals surface area contributed by atoms with Crippen molar-refractivity contribution in [1.29, 1.82) is 0 Å². The number of nitrogens with zero attached hydrogens (tertiary/aromatic N) is 3. The standard InChI is InChI=1S/C9H10BrN3O3/c10-6-5-11-9(12-7(6)8(14)15)13-1-3-16-4-2-13/h5H,1-4H2,(H,14,15). The van der Waals surface area contributed by atoms with Crippen molar-refractivity contribution < 1.29 is 14.6 Å². The average Bonchev–Trinajstić information content (AvgIpc) is 2.30. The SMILES string of the molecule is O=C(O)c1nc(N2CCOCC2)ncc1Br. The summed E-state index contributed by atoms with van der Waals surface area (Å²) in [6.07, 6.45) is 1.46. The molecule has 0 unspecified atom stereocenters. The summed E-state index contributed by atoms with van der Waals surface area (Å²) in [5.74, 6) is -0.632. The quantitative estimate of drug-likeness (QED) is 0.866. The van der Waals surface area contributed by atoms with Gasteiger partial charge in [0.25, 0.3) is 0 Å². The summed E-state index contributed by atoms with van der Waals surface area (Å²) in [6.45, 7) is 2.59. The Balaban J connectivity index is 2.27. The number of anilines is 1. The molecule has 0 atom stereocenters. The summed E-state index contributed by atoms with van der Waals surface area (Å²) in [5, 5.41) is 8.92.